The van der Waals surface area contributed by atoms with Gasteiger partial charge in [0.25, 0.3) is 0 Å². The van der Waals surface area contributed by atoms with Gasteiger partial charge in [0, 0.05) is 12.1 Å². The van der Waals surface area contributed by atoms with Crippen molar-refractivity contribution in [1.29, 1.82) is 0 Å². The molecule has 1 aromatic carbocycles. The smallest absolute Gasteiger partial charge is 0.0360 e. The van der Waals surface area contributed by atoms with Crippen LogP contribution in [0.3, 0.4) is 0 Å². The van der Waals surface area contributed by atoms with Gasteiger partial charge in [0.2, 0.25) is 0 Å². The first-order valence-corrected chi connectivity index (χ1v) is 8.00. The van der Waals surface area contributed by atoms with Crippen LogP contribution in [0.25, 0.3) is 0 Å². The van der Waals surface area contributed by atoms with Crippen LogP contribution in [0, 0.1) is 5.41 Å². The molecule has 1 atom stereocenters. The first kappa shape index (κ1) is 15.5. The van der Waals surface area contributed by atoms with Crippen molar-refractivity contribution in [1.82, 2.24) is 4.90 Å². The minimum Gasteiger partial charge on any atom is -0.330 e. The average molecular weight is 274 g/mol. The summed E-state index contributed by atoms with van der Waals surface area (Å²) in [4.78, 5) is 2.58. The van der Waals surface area contributed by atoms with Crippen molar-refractivity contribution in [3.05, 3.63) is 35.9 Å². The van der Waals surface area contributed by atoms with E-state index in [1.807, 2.05) is 0 Å². The fourth-order valence-electron chi connectivity index (χ4n) is 3.48. The Bertz CT molecular complexity index is 389. The van der Waals surface area contributed by atoms with Gasteiger partial charge in [-0.05, 0) is 56.7 Å². The molecular weight excluding hydrogens is 244 g/mol. The average Bonchev–Trinajstić information content (AvgIpc) is 2.45. The van der Waals surface area contributed by atoms with E-state index in [1.165, 1.54) is 31.2 Å². The van der Waals surface area contributed by atoms with E-state index >= 15 is 0 Å². The Balaban J connectivity index is 2.06. The summed E-state index contributed by atoms with van der Waals surface area (Å²) in [5, 5.41) is 0. The molecule has 0 aromatic heterocycles. The van der Waals surface area contributed by atoms with Crippen molar-refractivity contribution >= 4 is 0 Å². The van der Waals surface area contributed by atoms with E-state index in [0.717, 1.165) is 13.0 Å². The summed E-state index contributed by atoms with van der Waals surface area (Å²) in [6.07, 6.45) is 6.35. The second kappa shape index (κ2) is 6.73. The molecule has 1 fully saturated rings. The number of benzene rings is 1. The van der Waals surface area contributed by atoms with Gasteiger partial charge in [0.1, 0.15) is 0 Å². The van der Waals surface area contributed by atoms with Crippen molar-refractivity contribution in [2.75, 3.05) is 13.6 Å². The maximum absolute atomic E-state index is 5.85. The molecule has 0 aliphatic heterocycles. The van der Waals surface area contributed by atoms with E-state index < -0.39 is 0 Å². The second-order valence-corrected chi connectivity index (χ2v) is 7.06. The largest absolute Gasteiger partial charge is 0.330 e. The molecule has 0 amide bonds. The molecule has 1 saturated carbocycles. The van der Waals surface area contributed by atoms with Gasteiger partial charge >= 0.3 is 0 Å². The van der Waals surface area contributed by atoms with Crippen LogP contribution in [0.15, 0.2) is 30.3 Å². The summed E-state index contributed by atoms with van der Waals surface area (Å²) < 4.78 is 0. The lowest BCUT2D eigenvalue weighted by molar-refractivity contribution is 0.0912. The first-order chi connectivity index (χ1) is 9.53. The fraction of sp³-hybridized carbons (Fsp3) is 0.667. The molecule has 1 aliphatic carbocycles. The number of nitrogens with zero attached hydrogens (tertiary/aromatic N) is 1. The van der Waals surface area contributed by atoms with Gasteiger partial charge in [0.15, 0.2) is 0 Å². The van der Waals surface area contributed by atoms with Crippen LogP contribution in [0.2, 0.25) is 0 Å². The summed E-state index contributed by atoms with van der Waals surface area (Å²) in [6.45, 7) is 5.55. The van der Waals surface area contributed by atoms with Gasteiger partial charge in [0.05, 0.1) is 0 Å². The normalized spacial score (nSPS) is 21.1. The maximum Gasteiger partial charge on any atom is 0.0360 e. The van der Waals surface area contributed by atoms with Gasteiger partial charge < -0.3 is 5.73 Å². The first-order valence-electron chi connectivity index (χ1n) is 8.00. The van der Waals surface area contributed by atoms with Gasteiger partial charge in [-0.25, -0.2) is 0 Å². The molecule has 2 N–H and O–H groups in total. The molecule has 1 aliphatic rings. The van der Waals surface area contributed by atoms with Crippen molar-refractivity contribution in [2.45, 2.75) is 58.0 Å². The minimum atomic E-state index is 0.465. The zero-order valence-corrected chi connectivity index (χ0v) is 13.3. The van der Waals surface area contributed by atoms with E-state index in [-0.39, 0.29) is 0 Å². The topological polar surface area (TPSA) is 29.3 Å². The monoisotopic (exact) mass is 274 g/mol. The van der Waals surface area contributed by atoms with Gasteiger partial charge in [-0.1, -0.05) is 44.2 Å². The van der Waals surface area contributed by atoms with Crippen molar-refractivity contribution < 1.29 is 0 Å². The lowest BCUT2D eigenvalue weighted by atomic mass is 9.75. The Hall–Kier alpha value is -0.860. The molecule has 0 saturated heterocycles. The van der Waals surface area contributed by atoms with E-state index in [4.69, 9.17) is 5.73 Å². The molecule has 1 aromatic rings. The predicted octanol–water partition coefficient (Wildman–Crippen LogP) is 3.98. The summed E-state index contributed by atoms with van der Waals surface area (Å²) in [7, 11) is 2.29. The number of hydrogen-bond acceptors (Lipinski definition) is 2. The fourth-order valence-corrected chi connectivity index (χ4v) is 3.48. The van der Waals surface area contributed by atoms with Gasteiger partial charge in [-0.15, -0.1) is 0 Å². The van der Waals surface area contributed by atoms with Gasteiger partial charge in [-0.2, -0.15) is 0 Å². The quantitative estimate of drug-likeness (QED) is 0.880. The Kier molecular flexibility index (Phi) is 5.22. The number of rotatable bonds is 5. The summed E-state index contributed by atoms with van der Waals surface area (Å²) in [6, 6.07) is 12.0. The summed E-state index contributed by atoms with van der Waals surface area (Å²) >= 11 is 0. The third kappa shape index (κ3) is 3.83. The predicted molar refractivity (Wildman–Crippen MR) is 86.7 cm³/mol. The zero-order chi connectivity index (χ0) is 14.6. The highest BCUT2D eigenvalue weighted by atomic mass is 15.2. The standard InChI is InChI=1S/C18H30N2/c1-18(2)12-9-16(10-13-18)20(3)17(11-14-19)15-7-5-4-6-8-15/h4-8,16-17H,9-14,19H2,1-3H3. The van der Waals surface area contributed by atoms with Gasteiger partial charge in [-0.3, -0.25) is 4.90 Å². The third-order valence-electron chi connectivity index (χ3n) is 5.00. The molecule has 112 valence electrons. The zero-order valence-electron chi connectivity index (χ0n) is 13.3. The number of nitrogens with two attached hydrogens (primary N) is 1. The molecule has 2 rings (SSSR count). The summed E-state index contributed by atoms with van der Waals surface area (Å²) in [5.74, 6) is 0. The van der Waals surface area contributed by atoms with Crippen molar-refractivity contribution in [3.63, 3.8) is 0 Å². The van der Waals surface area contributed by atoms with Crippen LogP contribution < -0.4 is 5.73 Å². The van der Waals surface area contributed by atoms with E-state index in [1.54, 1.807) is 0 Å². The molecule has 2 nitrogen and oxygen atoms in total. The third-order valence-corrected chi connectivity index (χ3v) is 5.00. The van der Waals surface area contributed by atoms with Crippen LogP contribution in [0.1, 0.15) is 57.6 Å². The number of hydrogen-bond donors (Lipinski definition) is 1. The maximum atomic E-state index is 5.85. The van der Waals surface area contributed by atoms with E-state index in [2.05, 4.69) is 56.1 Å². The Morgan fingerprint density at radius 1 is 1.20 bits per heavy atom. The van der Waals surface area contributed by atoms with Crippen molar-refractivity contribution in [3.8, 4) is 0 Å². The molecule has 1 unspecified atom stereocenters. The second-order valence-electron chi connectivity index (χ2n) is 7.06. The molecule has 2 heteroatoms. The van der Waals surface area contributed by atoms with Crippen LogP contribution in [0.5, 0.6) is 0 Å². The highest BCUT2D eigenvalue weighted by Gasteiger charge is 2.31. The highest BCUT2D eigenvalue weighted by Crippen LogP contribution is 2.39. The molecule has 0 bridgehead atoms. The van der Waals surface area contributed by atoms with Crippen molar-refractivity contribution in [2.24, 2.45) is 11.1 Å². The van der Waals surface area contributed by atoms with Crippen LogP contribution in [-0.4, -0.2) is 24.5 Å². The SMILES string of the molecule is CN(C1CCC(C)(C)CC1)C(CCN)c1ccccc1. The molecule has 0 radical (unpaired) electrons. The molecule has 0 heterocycles. The minimum absolute atomic E-state index is 0.465. The lowest BCUT2D eigenvalue weighted by Gasteiger charge is -2.42. The summed E-state index contributed by atoms with van der Waals surface area (Å²) in [5.41, 5.74) is 7.79. The lowest BCUT2D eigenvalue weighted by Crippen LogP contribution is -2.40. The van der Waals surface area contributed by atoms with Crippen LogP contribution in [0.4, 0.5) is 0 Å². The molecule has 0 spiro atoms. The Morgan fingerprint density at radius 2 is 1.80 bits per heavy atom. The Labute approximate surface area is 124 Å². The molecule has 20 heavy (non-hydrogen) atoms. The van der Waals surface area contributed by atoms with E-state index in [0.29, 0.717) is 17.5 Å². The highest BCUT2D eigenvalue weighted by molar-refractivity contribution is 5.19. The molecular formula is C18H30N2. The van der Waals surface area contributed by atoms with Crippen LogP contribution >= 0.6 is 0 Å². The van der Waals surface area contributed by atoms with E-state index in [9.17, 15) is 0 Å². The Morgan fingerprint density at radius 3 is 2.35 bits per heavy atom. The van der Waals surface area contributed by atoms with Crippen LogP contribution in [-0.2, 0) is 0 Å².